The van der Waals surface area contributed by atoms with Crippen LogP contribution in [0.1, 0.15) is 52.0 Å². The van der Waals surface area contributed by atoms with E-state index in [1.807, 2.05) is 36.4 Å². The van der Waals surface area contributed by atoms with Crippen LogP contribution >= 0.6 is 0 Å². The molecule has 1 aliphatic carbocycles. The smallest absolute Gasteiger partial charge is 0.326 e. The first kappa shape index (κ1) is 21.1. The Labute approximate surface area is 172 Å². The van der Waals surface area contributed by atoms with Crippen molar-refractivity contribution in [2.45, 2.75) is 52.0 Å². The summed E-state index contributed by atoms with van der Waals surface area (Å²) in [5.74, 6) is -0.369. The van der Waals surface area contributed by atoms with Crippen molar-refractivity contribution in [3.8, 4) is 0 Å². The molecule has 0 radical (unpaired) electrons. The number of rotatable bonds is 5. The second-order valence-electron chi connectivity index (χ2n) is 9.04. The molecule has 1 heterocycles. The van der Waals surface area contributed by atoms with Crippen LogP contribution in [0.25, 0.3) is 6.08 Å². The summed E-state index contributed by atoms with van der Waals surface area (Å²) < 4.78 is 5.16. The number of urea groups is 1. The Morgan fingerprint density at radius 3 is 2.48 bits per heavy atom. The zero-order chi connectivity index (χ0) is 21.1. The molecule has 1 saturated carbocycles. The summed E-state index contributed by atoms with van der Waals surface area (Å²) in [4.78, 5) is 38.4. The molecular weight excluding hydrogens is 368 g/mol. The summed E-state index contributed by atoms with van der Waals surface area (Å²) in [5.41, 5.74) is 0.335. The van der Waals surface area contributed by atoms with Gasteiger partial charge < -0.3 is 10.1 Å². The van der Waals surface area contributed by atoms with Gasteiger partial charge >= 0.3 is 12.0 Å². The van der Waals surface area contributed by atoms with Crippen LogP contribution in [0.5, 0.6) is 0 Å². The molecule has 1 aromatic rings. The van der Waals surface area contributed by atoms with Gasteiger partial charge in [-0.05, 0) is 48.7 Å². The molecule has 1 N–H and O–H groups in total. The van der Waals surface area contributed by atoms with E-state index in [-0.39, 0.29) is 24.5 Å². The lowest BCUT2D eigenvalue weighted by Gasteiger charge is -2.40. The Kier molecular flexibility index (Phi) is 6.10. The molecule has 6 heteroatoms. The molecule has 2 fully saturated rings. The normalized spacial score (nSPS) is 24.9. The van der Waals surface area contributed by atoms with Crippen LogP contribution in [0.3, 0.4) is 0 Å². The van der Waals surface area contributed by atoms with Crippen molar-refractivity contribution in [1.82, 2.24) is 10.2 Å². The predicted molar refractivity (Wildman–Crippen MR) is 111 cm³/mol. The summed E-state index contributed by atoms with van der Waals surface area (Å²) in [5, 5.41) is 2.85. The third-order valence-electron chi connectivity index (χ3n) is 6.05. The van der Waals surface area contributed by atoms with E-state index in [0.29, 0.717) is 18.8 Å². The van der Waals surface area contributed by atoms with Crippen molar-refractivity contribution in [3.63, 3.8) is 0 Å². The fourth-order valence-corrected chi connectivity index (χ4v) is 4.20. The number of hydrogen-bond acceptors (Lipinski definition) is 4. The van der Waals surface area contributed by atoms with Crippen LogP contribution in [-0.4, -0.2) is 41.5 Å². The molecule has 0 bridgehead atoms. The average molecular weight is 399 g/mol. The molecule has 0 aromatic heterocycles. The van der Waals surface area contributed by atoms with E-state index in [0.717, 1.165) is 23.3 Å². The third kappa shape index (κ3) is 4.86. The van der Waals surface area contributed by atoms with Crippen LogP contribution in [0.4, 0.5) is 4.79 Å². The van der Waals surface area contributed by atoms with E-state index in [2.05, 4.69) is 26.1 Å². The molecule has 2 aliphatic rings. The van der Waals surface area contributed by atoms with Crippen molar-refractivity contribution in [3.05, 3.63) is 42.0 Å². The van der Waals surface area contributed by atoms with Crippen molar-refractivity contribution >= 4 is 24.0 Å². The van der Waals surface area contributed by atoms with Gasteiger partial charge in [-0.15, -0.1) is 0 Å². The van der Waals surface area contributed by atoms with Crippen molar-refractivity contribution < 1.29 is 19.1 Å². The van der Waals surface area contributed by atoms with Crippen LogP contribution in [0.15, 0.2) is 36.4 Å². The maximum atomic E-state index is 12.9. The van der Waals surface area contributed by atoms with Crippen molar-refractivity contribution in [1.29, 1.82) is 0 Å². The van der Waals surface area contributed by atoms with Gasteiger partial charge in [0.2, 0.25) is 0 Å². The van der Waals surface area contributed by atoms with Gasteiger partial charge in [-0.25, -0.2) is 4.79 Å². The number of nitrogens with one attached hydrogen (secondary N) is 1. The van der Waals surface area contributed by atoms with E-state index in [4.69, 9.17) is 4.74 Å². The number of hydrogen-bond donors (Lipinski definition) is 1. The molecule has 0 atom stereocenters. The lowest BCUT2D eigenvalue weighted by atomic mass is 9.67. The number of esters is 1. The number of imide groups is 1. The van der Waals surface area contributed by atoms with E-state index in [1.165, 1.54) is 0 Å². The van der Waals surface area contributed by atoms with Crippen molar-refractivity contribution in [2.24, 2.45) is 11.3 Å². The number of benzene rings is 1. The van der Waals surface area contributed by atoms with E-state index < -0.39 is 17.5 Å². The van der Waals surface area contributed by atoms with E-state index >= 15 is 0 Å². The van der Waals surface area contributed by atoms with Gasteiger partial charge in [-0.1, -0.05) is 57.2 Å². The summed E-state index contributed by atoms with van der Waals surface area (Å²) in [6.45, 7) is 6.36. The number of ether oxygens (including phenoxy) is 1. The molecule has 156 valence electrons. The highest BCUT2D eigenvalue weighted by atomic mass is 16.5. The molecule has 1 saturated heterocycles. The highest BCUT2D eigenvalue weighted by molar-refractivity contribution is 6.08. The SMILES string of the molecule is CC(C)(C)C1CCC2(CC1)NC(=O)N(CC(=O)OCC=Cc1ccccc1)C2=O. The quantitative estimate of drug-likeness (QED) is 0.605. The fraction of sp³-hybridized carbons (Fsp3) is 0.522. The minimum absolute atomic E-state index is 0.0930. The van der Waals surface area contributed by atoms with Crippen LogP contribution in [0.2, 0.25) is 0 Å². The summed E-state index contributed by atoms with van der Waals surface area (Å²) >= 11 is 0. The zero-order valence-electron chi connectivity index (χ0n) is 17.4. The molecule has 0 unspecified atom stereocenters. The molecular formula is C23H30N2O4. The van der Waals surface area contributed by atoms with Gasteiger partial charge in [-0.2, -0.15) is 0 Å². The largest absolute Gasteiger partial charge is 0.460 e. The number of carbonyl (C=O) groups excluding carboxylic acids is 3. The van der Waals surface area contributed by atoms with Gasteiger partial charge in [-0.3, -0.25) is 14.5 Å². The van der Waals surface area contributed by atoms with Gasteiger partial charge in [0.25, 0.3) is 5.91 Å². The molecule has 1 aliphatic heterocycles. The van der Waals surface area contributed by atoms with Crippen molar-refractivity contribution in [2.75, 3.05) is 13.2 Å². The first-order chi connectivity index (χ1) is 13.7. The fourth-order valence-electron chi connectivity index (χ4n) is 4.20. The average Bonchev–Trinajstić information content (AvgIpc) is 2.90. The van der Waals surface area contributed by atoms with E-state index in [1.54, 1.807) is 6.08 Å². The Balaban J connectivity index is 1.51. The molecule has 6 nitrogen and oxygen atoms in total. The summed E-state index contributed by atoms with van der Waals surface area (Å²) in [6.07, 6.45) is 6.59. The van der Waals surface area contributed by atoms with E-state index in [9.17, 15) is 14.4 Å². The van der Waals surface area contributed by atoms with Gasteiger partial charge in [0.1, 0.15) is 18.7 Å². The maximum Gasteiger partial charge on any atom is 0.326 e. The van der Waals surface area contributed by atoms with Gasteiger partial charge in [0.15, 0.2) is 0 Å². The highest BCUT2D eigenvalue weighted by Gasteiger charge is 2.53. The first-order valence-electron chi connectivity index (χ1n) is 10.2. The minimum atomic E-state index is -0.855. The Morgan fingerprint density at radius 2 is 1.86 bits per heavy atom. The highest BCUT2D eigenvalue weighted by Crippen LogP contribution is 2.43. The molecule has 3 rings (SSSR count). The van der Waals surface area contributed by atoms with Gasteiger partial charge in [0, 0.05) is 0 Å². The maximum absolute atomic E-state index is 12.9. The molecule has 3 amide bonds. The topological polar surface area (TPSA) is 75.7 Å². The molecule has 29 heavy (non-hydrogen) atoms. The zero-order valence-corrected chi connectivity index (χ0v) is 17.4. The Bertz CT molecular complexity index is 787. The monoisotopic (exact) mass is 398 g/mol. The predicted octanol–water partition coefficient (Wildman–Crippen LogP) is 3.77. The van der Waals surface area contributed by atoms with Crippen LogP contribution < -0.4 is 5.32 Å². The summed E-state index contributed by atoms with van der Waals surface area (Å²) in [6, 6.07) is 9.17. The number of amides is 3. The number of nitrogens with zero attached hydrogens (tertiary/aromatic N) is 1. The minimum Gasteiger partial charge on any atom is -0.460 e. The Morgan fingerprint density at radius 1 is 1.21 bits per heavy atom. The lowest BCUT2D eigenvalue weighted by molar-refractivity contribution is -0.147. The lowest BCUT2D eigenvalue weighted by Crippen LogP contribution is -2.50. The first-order valence-corrected chi connectivity index (χ1v) is 10.2. The van der Waals surface area contributed by atoms with Crippen LogP contribution in [-0.2, 0) is 14.3 Å². The molecule has 1 aromatic carbocycles. The Hall–Kier alpha value is -2.63. The van der Waals surface area contributed by atoms with Gasteiger partial charge in [0.05, 0.1) is 0 Å². The second-order valence-corrected chi connectivity index (χ2v) is 9.04. The second kappa shape index (κ2) is 8.39. The molecule has 1 spiro atoms. The standard InChI is InChI=1S/C23H30N2O4/c1-22(2,3)18-11-13-23(14-12-18)20(27)25(21(28)24-23)16-19(26)29-15-7-10-17-8-5-4-6-9-17/h4-10,18H,11-16H2,1-3H3,(H,24,28). The third-order valence-corrected chi connectivity index (χ3v) is 6.05. The number of carbonyl (C=O) groups is 3. The van der Waals surface area contributed by atoms with Crippen LogP contribution in [0, 0.1) is 11.3 Å². The summed E-state index contributed by atoms with van der Waals surface area (Å²) in [7, 11) is 0.